The number of benzene rings is 2. The number of fused-ring (bicyclic) bond motifs is 2. The number of esters is 1. The smallest absolute Gasteiger partial charge is 0.339 e. The lowest BCUT2D eigenvalue weighted by Crippen LogP contribution is -2.23. The van der Waals surface area contributed by atoms with Gasteiger partial charge in [-0.1, -0.05) is 43.3 Å². The zero-order valence-electron chi connectivity index (χ0n) is 17.5. The maximum Gasteiger partial charge on any atom is 0.339 e. The molecule has 1 aliphatic rings. The Kier molecular flexibility index (Phi) is 5.79. The van der Waals surface area contributed by atoms with Crippen molar-refractivity contribution in [2.75, 3.05) is 11.9 Å². The summed E-state index contributed by atoms with van der Waals surface area (Å²) in [6.45, 7) is 3.68. The van der Waals surface area contributed by atoms with Gasteiger partial charge in [-0.3, -0.25) is 9.78 Å². The quantitative estimate of drug-likeness (QED) is 0.624. The number of amides is 1. The topological polar surface area (TPSA) is 68.3 Å². The van der Waals surface area contributed by atoms with Crippen molar-refractivity contribution in [3.63, 3.8) is 0 Å². The van der Waals surface area contributed by atoms with Crippen LogP contribution in [-0.4, -0.2) is 23.5 Å². The molecule has 0 radical (unpaired) electrons. The van der Waals surface area contributed by atoms with E-state index < -0.39 is 5.97 Å². The number of nitrogens with zero attached hydrogens (tertiary/aromatic N) is 1. The van der Waals surface area contributed by atoms with Gasteiger partial charge in [0, 0.05) is 16.8 Å². The number of rotatable bonds is 5. The van der Waals surface area contributed by atoms with Crippen LogP contribution in [0.4, 0.5) is 5.69 Å². The number of hydrogen-bond acceptors (Lipinski definition) is 4. The summed E-state index contributed by atoms with van der Waals surface area (Å²) in [5, 5.41) is 3.70. The number of carbonyl (C=O) groups excluding carboxylic acids is 2. The van der Waals surface area contributed by atoms with Crippen LogP contribution in [0.3, 0.4) is 0 Å². The summed E-state index contributed by atoms with van der Waals surface area (Å²) >= 11 is 0. The minimum atomic E-state index is -0.456. The molecule has 0 saturated carbocycles. The van der Waals surface area contributed by atoms with Gasteiger partial charge in [-0.2, -0.15) is 0 Å². The highest BCUT2D eigenvalue weighted by molar-refractivity contribution is 6.06. The first-order valence-electron chi connectivity index (χ1n) is 10.5. The Morgan fingerprint density at radius 2 is 1.87 bits per heavy atom. The Morgan fingerprint density at radius 3 is 2.70 bits per heavy atom. The average Bonchev–Trinajstić information content (AvgIpc) is 2.77. The standard InChI is InChI=1S/C25H26N2O3/c1-3-17-10-8-9-16(2)24(17)27-22(28)15-30-25(29)23-18-11-4-6-13-20(18)26-21-14-7-5-12-19(21)23/h4,6,8-11,13H,3,5,7,12,14-15H2,1-2H3,(H,27,28). The molecule has 4 rings (SSSR count). The molecule has 1 aliphatic carbocycles. The lowest BCUT2D eigenvalue weighted by molar-refractivity contribution is -0.119. The predicted molar refractivity (Wildman–Crippen MR) is 118 cm³/mol. The number of ether oxygens (including phenoxy) is 1. The number of nitrogens with one attached hydrogen (secondary N) is 1. The lowest BCUT2D eigenvalue weighted by Gasteiger charge is -2.20. The lowest BCUT2D eigenvalue weighted by atomic mass is 9.90. The molecule has 0 spiro atoms. The largest absolute Gasteiger partial charge is 0.452 e. The van der Waals surface area contributed by atoms with Crippen molar-refractivity contribution in [1.82, 2.24) is 4.98 Å². The second-order valence-corrected chi connectivity index (χ2v) is 7.72. The van der Waals surface area contributed by atoms with E-state index in [4.69, 9.17) is 9.72 Å². The van der Waals surface area contributed by atoms with Crippen LogP contribution < -0.4 is 5.32 Å². The van der Waals surface area contributed by atoms with E-state index in [1.54, 1.807) is 0 Å². The fourth-order valence-electron chi connectivity index (χ4n) is 4.19. The second kappa shape index (κ2) is 8.66. The van der Waals surface area contributed by atoms with Crippen molar-refractivity contribution in [3.8, 4) is 0 Å². The summed E-state index contributed by atoms with van der Waals surface area (Å²) < 4.78 is 5.47. The van der Waals surface area contributed by atoms with Gasteiger partial charge in [-0.15, -0.1) is 0 Å². The van der Waals surface area contributed by atoms with Gasteiger partial charge in [0.15, 0.2) is 6.61 Å². The highest BCUT2D eigenvalue weighted by Crippen LogP contribution is 2.30. The minimum absolute atomic E-state index is 0.318. The van der Waals surface area contributed by atoms with Gasteiger partial charge >= 0.3 is 5.97 Å². The number of anilines is 1. The van der Waals surface area contributed by atoms with Crippen LogP contribution in [0.2, 0.25) is 0 Å². The molecule has 0 fully saturated rings. The van der Waals surface area contributed by atoms with E-state index in [0.29, 0.717) is 5.56 Å². The molecule has 0 atom stereocenters. The van der Waals surface area contributed by atoms with Crippen molar-refractivity contribution in [3.05, 3.63) is 70.4 Å². The van der Waals surface area contributed by atoms with Gasteiger partial charge in [-0.05, 0) is 61.8 Å². The minimum Gasteiger partial charge on any atom is -0.452 e. The summed E-state index contributed by atoms with van der Waals surface area (Å²) in [5.41, 5.74) is 6.15. The van der Waals surface area contributed by atoms with Gasteiger partial charge in [0.2, 0.25) is 0 Å². The molecule has 1 N–H and O–H groups in total. The summed E-state index contributed by atoms with van der Waals surface area (Å²) in [6.07, 6.45) is 4.60. The summed E-state index contributed by atoms with van der Waals surface area (Å²) in [4.78, 5) is 30.3. The van der Waals surface area contributed by atoms with E-state index in [-0.39, 0.29) is 12.5 Å². The molecular formula is C25H26N2O3. The van der Waals surface area contributed by atoms with Crippen LogP contribution in [0, 0.1) is 6.92 Å². The Balaban J connectivity index is 1.55. The monoisotopic (exact) mass is 402 g/mol. The van der Waals surface area contributed by atoms with Crippen molar-refractivity contribution < 1.29 is 14.3 Å². The van der Waals surface area contributed by atoms with E-state index in [2.05, 4.69) is 5.32 Å². The van der Waals surface area contributed by atoms with Gasteiger partial charge in [-0.25, -0.2) is 4.79 Å². The fourth-order valence-corrected chi connectivity index (χ4v) is 4.19. The van der Waals surface area contributed by atoms with Crippen LogP contribution in [0.5, 0.6) is 0 Å². The molecule has 5 nitrogen and oxygen atoms in total. The van der Waals surface area contributed by atoms with E-state index in [1.165, 1.54) is 0 Å². The van der Waals surface area contributed by atoms with E-state index in [0.717, 1.165) is 71.1 Å². The van der Waals surface area contributed by atoms with Gasteiger partial charge in [0.05, 0.1) is 11.1 Å². The third-order valence-corrected chi connectivity index (χ3v) is 5.71. The Hall–Kier alpha value is -3.21. The first kappa shape index (κ1) is 20.1. The van der Waals surface area contributed by atoms with Crippen LogP contribution >= 0.6 is 0 Å². The third kappa shape index (κ3) is 3.92. The first-order chi connectivity index (χ1) is 14.6. The fraction of sp³-hybridized carbons (Fsp3) is 0.320. The Bertz CT molecular complexity index is 1120. The van der Waals surface area contributed by atoms with Crippen molar-refractivity contribution in [1.29, 1.82) is 0 Å². The summed E-state index contributed by atoms with van der Waals surface area (Å²) in [5.74, 6) is -0.790. The first-order valence-corrected chi connectivity index (χ1v) is 10.5. The zero-order chi connectivity index (χ0) is 21.1. The van der Waals surface area contributed by atoms with Crippen LogP contribution in [0.15, 0.2) is 42.5 Å². The van der Waals surface area contributed by atoms with Crippen LogP contribution in [0.1, 0.15) is 52.5 Å². The molecule has 30 heavy (non-hydrogen) atoms. The Labute approximate surface area is 176 Å². The maximum atomic E-state index is 13.0. The molecule has 3 aromatic rings. The van der Waals surface area contributed by atoms with E-state index >= 15 is 0 Å². The molecule has 0 bridgehead atoms. The molecule has 5 heteroatoms. The van der Waals surface area contributed by atoms with Crippen molar-refractivity contribution >= 4 is 28.5 Å². The molecule has 1 amide bonds. The number of hydrogen-bond donors (Lipinski definition) is 1. The third-order valence-electron chi connectivity index (χ3n) is 5.71. The molecule has 2 aromatic carbocycles. The SMILES string of the molecule is CCc1cccc(C)c1NC(=O)COC(=O)c1c2c(nc3ccccc13)CCCC2. The van der Waals surface area contributed by atoms with Gasteiger partial charge in [0.1, 0.15) is 0 Å². The number of para-hydroxylation sites is 2. The summed E-state index contributed by atoms with van der Waals surface area (Å²) in [6, 6.07) is 13.5. The summed E-state index contributed by atoms with van der Waals surface area (Å²) in [7, 11) is 0. The molecule has 0 saturated heterocycles. The number of pyridine rings is 1. The highest BCUT2D eigenvalue weighted by atomic mass is 16.5. The van der Waals surface area contributed by atoms with Gasteiger partial charge < -0.3 is 10.1 Å². The molecule has 154 valence electrons. The molecular weight excluding hydrogens is 376 g/mol. The second-order valence-electron chi connectivity index (χ2n) is 7.72. The predicted octanol–water partition coefficient (Wildman–Crippen LogP) is 4.78. The van der Waals surface area contributed by atoms with Crippen LogP contribution in [-0.2, 0) is 28.8 Å². The molecule has 0 aliphatic heterocycles. The average molecular weight is 402 g/mol. The Morgan fingerprint density at radius 1 is 1.07 bits per heavy atom. The van der Waals surface area contributed by atoms with Crippen molar-refractivity contribution in [2.24, 2.45) is 0 Å². The van der Waals surface area contributed by atoms with E-state index in [9.17, 15) is 9.59 Å². The van der Waals surface area contributed by atoms with Gasteiger partial charge in [0.25, 0.3) is 5.91 Å². The van der Waals surface area contributed by atoms with Crippen molar-refractivity contribution in [2.45, 2.75) is 46.0 Å². The highest BCUT2D eigenvalue weighted by Gasteiger charge is 2.24. The van der Waals surface area contributed by atoms with E-state index in [1.807, 2.05) is 56.3 Å². The maximum absolute atomic E-state index is 13.0. The molecule has 1 aromatic heterocycles. The van der Waals surface area contributed by atoms with Crippen LogP contribution in [0.25, 0.3) is 10.9 Å². The number of aryl methyl sites for hydroxylation is 3. The molecule has 0 unspecified atom stereocenters. The number of carbonyl (C=O) groups is 2. The normalized spacial score (nSPS) is 13.0. The zero-order valence-corrected chi connectivity index (χ0v) is 17.5. The number of aromatic nitrogens is 1. The molecule has 1 heterocycles.